The topological polar surface area (TPSA) is 101 Å². The molecule has 1 rings (SSSR count). The molecule has 19 heavy (non-hydrogen) atoms. The molecular weight excluding hydrogens is 266 g/mol. The summed E-state index contributed by atoms with van der Waals surface area (Å²) < 4.78 is 22.1. The molecule has 0 bridgehead atoms. The van der Waals surface area contributed by atoms with E-state index in [9.17, 15) is 13.2 Å². The van der Waals surface area contributed by atoms with Crippen LogP contribution in [0.25, 0.3) is 0 Å². The number of carbonyl (C=O) groups excluding carboxylic acids is 1. The molecule has 1 atom stereocenters. The molecule has 106 valence electrons. The summed E-state index contributed by atoms with van der Waals surface area (Å²) >= 11 is 0. The third-order valence-electron chi connectivity index (χ3n) is 2.54. The van der Waals surface area contributed by atoms with E-state index in [0.717, 1.165) is 12.8 Å². The molecule has 0 radical (unpaired) electrons. The number of primary sulfonamides is 1. The summed E-state index contributed by atoms with van der Waals surface area (Å²) in [5, 5.41) is 10.4. The standard InChI is InChI=1S/C12H19N3O3S/c1-3-4-9(2)14-12(16)15-10-5-7-11(8-6-10)19(13,17)18/h5-9H,3-4H2,1-2H3,(H2,13,17,18)(H2,14,15,16)/t9-/m1/s1. The Bertz CT molecular complexity index is 526. The van der Waals surface area contributed by atoms with Crippen molar-refractivity contribution < 1.29 is 13.2 Å². The summed E-state index contributed by atoms with van der Waals surface area (Å²) in [6.45, 7) is 3.97. The number of nitrogens with one attached hydrogen (secondary N) is 2. The highest BCUT2D eigenvalue weighted by atomic mass is 32.2. The molecule has 0 heterocycles. The van der Waals surface area contributed by atoms with Crippen LogP contribution in [0, 0.1) is 0 Å². The van der Waals surface area contributed by atoms with Gasteiger partial charge in [0.15, 0.2) is 0 Å². The number of nitrogens with two attached hydrogens (primary N) is 1. The lowest BCUT2D eigenvalue weighted by atomic mass is 10.2. The fraction of sp³-hybridized carbons (Fsp3) is 0.417. The average Bonchev–Trinajstić information content (AvgIpc) is 2.28. The second-order valence-corrected chi connectivity index (χ2v) is 5.92. The monoisotopic (exact) mass is 285 g/mol. The molecule has 0 aromatic heterocycles. The Kier molecular flexibility index (Phi) is 5.31. The zero-order valence-corrected chi connectivity index (χ0v) is 11.8. The van der Waals surface area contributed by atoms with Crippen LogP contribution in [-0.2, 0) is 10.0 Å². The van der Waals surface area contributed by atoms with Crippen LogP contribution in [0.1, 0.15) is 26.7 Å². The summed E-state index contributed by atoms with van der Waals surface area (Å²) in [7, 11) is -3.70. The van der Waals surface area contributed by atoms with Gasteiger partial charge in [-0.2, -0.15) is 0 Å². The molecule has 0 saturated carbocycles. The fourth-order valence-electron chi connectivity index (χ4n) is 1.62. The number of rotatable bonds is 5. The van der Waals surface area contributed by atoms with Gasteiger partial charge in [0.1, 0.15) is 0 Å². The van der Waals surface area contributed by atoms with Crippen molar-refractivity contribution in [2.24, 2.45) is 5.14 Å². The number of sulfonamides is 1. The maximum atomic E-state index is 11.6. The molecule has 1 aromatic rings. The molecule has 1 aromatic carbocycles. The normalized spacial score (nSPS) is 12.8. The molecule has 0 aliphatic carbocycles. The minimum Gasteiger partial charge on any atom is -0.335 e. The lowest BCUT2D eigenvalue weighted by Crippen LogP contribution is -2.35. The Morgan fingerprint density at radius 1 is 1.32 bits per heavy atom. The van der Waals surface area contributed by atoms with E-state index in [4.69, 9.17) is 5.14 Å². The van der Waals surface area contributed by atoms with E-state index in [0.29, 0.717) is 5.69 Å². The second-order valence-electron chi connectivity index (χ2n) is 4.36. The van der Waals surface area contributed by atoms with Crippen LogP contribution in [0.5, 0.6) is 0 Å². The average molecular weight is 285 g/mol. The van der Waals surface area contributed by atoms with E-state index >= 15 is 0 Å². The number of anilines is 1. The first kappa shape index (κ1) is 15.5. The summed E-state index contributed by atoms with van der Waals surface area (Å²) in [6.07, 6.45) is 1.89. The van der Waals surface area contributed by atoms with E-state index in [1.807, 2.05) is 13.8 Å². The van der Waals surface area contributed by atoms with Crippen molar-refractivity contribution in [3.05, 3.63) is 24.3 Å². The van der Waals surface area contributed by atoms with Crippen LogP contribution in [0.15, 0.2) is 29.2 Å². The van der Waals surface area contributed by atoms with Crippen molar-refractivity contribution in [2.75, 3.05) is 5.32 Å². The molecular formula is C12H19N3O3S. The van der Waals surface area contributed by atoms with Gasteiger partial charge in [-0.05, 0) is 37.6 Å². The first-order chi connectivity index (χ1) is 8.82. The smallest absolute Gasteiger partial charge is 0.319 e. The second kappa shape index (κ2) is 6.53. The molecule has 0 aliphatic heterocycles. The highest BCUT2D eigenvalue weighted by Gasteiger charge is 2.09. The van der Waals surface area contributed by atoms with Gasteiger partial charge in [-0.25, -0.2) is 18.4 Å². The molecule has 6 nitrogen and oxygen atoms in total. The van der Waals surface area contributed by atoms with Gasteiger partial charge in [0.2, 0.25) is 10.0 Å². The van der Waals surface area contributed by atoms with Crippen LogP contribution in [-0.4, -0.2) is 20.5 Å². The summed E-state index contributed by atoms with van der Waals surface area (Å²) in [4.78, 5) is 11.6. The molecule has 2 amide bonds. The first-order valence-electron chi connectivity index (χ1n) is 6.03. The lowest BCUT2D eigenvalue weighted by Gasteiger charge is -2.13. The molecule has 0 spiro atoms. The predicted octanol–water partition coefficient (Wildman–Crippen LogP) is 1.64. The van der Waals surface area contributed by atoms with Gasteiger partial charge in [-0.1, -0.05) is 13.3 Å². The molecule has 0 saturated heterocycles. The highest BCUT2D eigenvalue weighted by molar-refractivity contribution is 7.89. The van der Waals surface area contributed by atoms with Crippen LogP contribution < -0.4 is 15.8 Å². The number of amides is 2. The van der Waals surface area contributed by atoms with E-state index in [1.54, 1.807) is 0 Å². The van der Waals surface area contributed by atoms with E-state index in [-0.39, 0.29) is 17.0 Å². The van der Waals surface area contributed by atoms with Crippen LogP contribution in [0.3, 0.4) is 0 Å². The Morgan fingerprint density at radius 2 is 1.89 bits per heavy atom. The zero-order chi connectivity index (χ0) is 14.5. The first-order valence-corrected chi connectivity index (χ1v) is 7.58. The molecule has 0 fully saturated rings. The van der Waals surface area contributed by atoms with Gasteiger partial charge in [-0.15, -0.1) is 0 Å². The van der Waals surface area contributed by atoms with E-state index < -0.39 is 10.0 Å². The quantitative estimate of drug-likeness (QED) is 0.766. The number of hydrogen-bond acceptors (Lipinski definition) is 3. The van der Waals surface area contributed by atoms with Crippen LogP contribution >= 0.6 is 0 Å². The molecule has 0 unspecified atom stereocenters. The van der Waals surface area contributed by atoms with Crippen molar-refractivity contribution >= 4 is 21.7 Å². The Labute approximate surface area is 113 Å². The summed E-state index contributed by atoms with van der Waals surface area (Å²) in [5.74, 6) is 0. The predicted molar refractivity (Wildman–Crippen MR) is 74.3 cm³/mol. The summed E-state index contributed by atoms with van der Waals surface area (Å²) in [5.41, 5.74) is 0.508. The van der Waals surface area contributed by atoms with Gasteiger partial charge in [0.25, 0.3) is 0 Å². The fourth-order valence-corrected chi connectivity index (χ4v) is 2.14. The van der Waals surface area contributed by atoms with Gasteiger partial charge in [0.05, 0.1) is 4.90 Å². The molecule has 0 aliphatic rings. The van der Waals surface area contributed by atoms with Crippen LogP contribution in [0.2, 0.25) is 0 Å². The Hall–Kier alpha value is -1.60. The minimum absolute atomic E-state index is 0.0119. The zero-order valence-electron chi connectivity index (χ0n) is 11.0. The van der Waals surface area contributed by atoms with E-state index in [2.05, 4.69) is 10.6 Å². The number of hydrogen-bond donors (Lipinski definition) is 3. The van der Waals surface area contributed by atoms with Crippen LogP contribution in [0.4, 0.5) is 10.5 Å². The van der Waals surface area contributed by atoms with Gasteiger partial charge < -0.3 is 10.6 Å². The largest absolute Gasteiger partial charge is 0.335 e. The SMILES string of the molecule is CCC[C@@H](C)NC(=O)Nc1ccc(S(N)(=O)=O)cc1. The molecule has 4 N–H and O–H groups in total. The van der Waals surface area contributed by atoms with Gasteiger partial charge in [0, 0.05) is 11.7 Å². The highest BCUT2D eigenvalue weighted by Crippen LogP contribution is 2.12. The van der Waals surface area contributed by atoms with Crippen molar-refractivity contribution in [2.45, 2.75) is 37.6 Å². The molecule has 7 heteroatoms. The maximum absolute atomic E-state index is 11.6. The van der Waals surface area contributed by atoms with Crippen molar-refractivity contribution in [3.63, 3.8) is 0 Å². The van der Waals surface area contributed by atoms with Crippen molar-refractivity contribution in [1.82, 2.24) is 5.32 Å². The summed E-state index contributed by atoms with van der Waals surface area (Å²) in [6, 6.07) is 5.45. The number of benzene rings is 1. The van der Waals surface area contributed by atoms with Gasteiger partial charge in [-0.3, -0.25) is 0 Å². The number of carbonyl (C=O) groups is 1. The van der Waals surface area contributed by atoms with Crippen molar-refractivity contribution in [1.29, 1.82) is 0 Å². The van der Waals surface area contributed by atoms with Gasteiger partial charge >= 0.3 is 6.03 Å². The van der Waals surface area contributed by atoms with Crippen molar-refractivity contribution in [3.8, 4) is 0 Å². The van der Waals surface area contributed by atoms with E-state index in [1.165, 1.54) is 24.3 Å². The number of urea groups is 1. The Morgan fingerprint density at radius 3 is 2.37 bits per heavy atom. The minimum atomic E-state index is -3.70. The maximum Gasteiger partial charge on any atom is 0.319 e. The third kappa shape index (κ3) is 5.27. The lowest BCUT2D eigenvalue weighted by molar-refractivity contribution is 0.248. The third-order valence-corrected chi connectivity index (χ3v) is 3.47. The Balaban J connectivity index is 2.61.